The van der Waals surface area contributed by atoms with E-state index in [1.165, 1.54) is 89.9 Å². The van der Waals surface area contributed by atoms with Crippen molar-refractivity contribution >= 4 is 5.97 Å². The average Bonchev–Trinajstić information content (AvgIpc) is 2.97. The number of hydrogen-bond donors (Lipinski definition) is 1. The quantitative estimate of drug-likeness (QED) is 0.330. The first-order chi connectivity index (χ1) is 11.2. The lowest BCUT2D eigenvalue weighted by atomic mass is 9.86. The van der Waals surface area contributed by atoms with Crippen LogP contribution >= 0.6 is 0 Å². The summed E-state index contributed by atoms with van der Waals surface area (Å²) in [7, 11) is 0. The molecular weight excluding hydrogens is 284 g/mol. The van der Waals surface area contributed by atoms with Gasteiger partial charge in [-0.15, -0.1) is 0 Å². The molecule has 1 rings (SSSR count). The van der Waals surface area contributed by atoms with Crippen LogP contribution in [0.15, 0.2) is 0 Å². The van der Waals surface area contributed by atoms with Crippen molar-refractivity contribution in [2.45, 2.75) is 116 Å². The summed E-state index contributed by atoms with van der Waals surface area (Å²) >= 11 is 0. The number of carboxylic acid groups (broad SMARTS) is 1. The summed E-state index contributed by atoms with van der Waals surface area (Å²) in [6, 6.07) is 0. The summed E-state index contributed by atoms with van der Waals surface area (Å²) in [5.74, 6) is 1.38. The van der Waals surface area contributed by atoms with Crippen LogP contribution in [0.1, 0.15) is 116 Å². The van der Waals surface area contributed by atoms with E-state index in [-0.39, 0.29) is 0 Å². The molecule has 2 heteroatoms. The lowest BCUT2D eigenvalue weighted by Crippen LogP contribution is -2.08. The predicted octanol–water partition coefficient (Wildman–Crippen LogP) is 6.97. The van der Waals surface area contributed by atoms with Crippen LogP contribution in [0.4, 0.5) is 0 Å². The van der Waals surface area contributed by atoms with Gasteiger partial charge in [-0.3, -0.25) is 4.79 Å². The van der Waals surface area contributed by atoms with Gasteiger partial charge in [-0.25, -0.2) is 0 Å². The topological polar surface area (TPSA) is 37.3 Å². The Kier molecular flexibility index (Phi) is 12.4. The molecule has 23 heavy (non-hydrogen) atoms. The molecule has 0 heterocycles. The van der Waals surface area contributed by atoms with E-state index in [1.54, 1.807) is 0 Å². The molecule has 0 radical (unpaired) electrons. The van der Waals surface area contributed by atoms with Crippen molar-refractivity contribution in [3.63, 3.8) is 0 Å². The molecule has 1 fully saturated rings. The molecule has 1 aliphatic rings. The third-order valence-corrected chi connectivity index (χ3v) is 5.71. The minimum Gasteiger partial charge on any atom is -0.481 e. The number of carboxylic acids is 1. The summed E-state index contributed by atoms with van der Waals surface area (Å²) in [5, 5.41) is 8.62. The molecule has 2 unspecified atom stereocenters. The van der Waals surface area contributed by atoms with Crippen LogP contribution in [0.3, 0.4) is 0 Å². The molecule has 0 aliphatic heterocycles. The van der Waals surface area contributed by atoms with E-state index >= 15 is 0 Å². The SMILES string of the molecule is CCCCCCCCC1CCCC1CCCCCCCC(=O)O. The van der Waals surface area contributed by atoms with Crippen molar-refractivity contribution in [3.8, 4) is 0 Å². The largest absolute Gasteiger partial charge is 0.481 e. The molecule has 0 aromatic heterocycles. The van der Waals surface area contributed by atoms with Gasteiger partial charge in [0.05, 0.1) is 0 Å². The third-order valence-electron chi connectivity index (χ3n) is 5.71. The molecule has 136 valence electrons. The normalized spacial score (nSPS) is 20.9. The van der Waals surface area contributed by atoms with Crippen molar-refractivity contribution < 1.29 is 9.90 Å². The van der Waals surface area contributed by atoms with Gasteiger partial charge in [-0.1, -0.05) is 103 Å². The molecule has 1 saturated carbocycles. The molecule has 0 saturated heterocycles. The van der Waals surface area contributed by atoms with Crippen molar-refractivity contribution in [3.05, 3.63) is 0 Å². The molecule has 0 bridgehead atoms. The summed E-state index contributed by atoms with van der Waals surface area (Å²) in [6.45, 7) is 2.29. The number of rotatable bonds is 15. The lowest BCUT2D eigenvalue weighted by molar-refractivity contribution is -0.137. The smallest absolute Gasteiger partial charge is 0.303 e. The molecule has 0 aromatic rings. The third kappa shape index (κ3) is 10.8. The van der Waals surface area contributed by atoms with Gasteiger partial charge >= 0.3 is 5.97 Å². The van der Waals surface area contributed by atoms with Gasteiger partial charge in [0.2, 0.25) is 0 Å². The van der Waals surface area contributed by atoms with E-state index in [1.807, 2.05) is 0 Å². The van der Waals surface area contributed by atoms with Crippen molar-refractivity contribution in [1.82, 2.24) is 0 Å². The van der Waals surface area contributed by atoms with Crippen molar-refractivity contribution in [2.75, 3.05) is 0 Å². The van der Waals surface area contributed by atoms with E-state index in [0.29, 0.717) is 6.42 Å². The van der Waals surface area contributed by atoms with Gasteiger partial charge in [0.1, 0.15) is 0 Å². The summed E-state index contributed by atoms with van der Waals surface area (Å²) < 4.78 is 0. The zero-order valence-corrected chi connectivity index (χ0v) is 15.5. The Labute approximate surface area is 144 Å². The highest BCUT2D eigenvalue weighted by Gasteiger charge is 2.25. The van der Waals surface area contributed by atoms with Crippen LogP contribution in [0, 0.1) is 11.8 Å². The maximum atomic E-state index is 10.5. The first-order valence-corrected chi connectivity index (χ1v) is 10.5. The molecule has 2 atom stereocenters. The average molecular weight is 325 g/mol. The van der Waals surface area contributed by atoms with Crippen LogP contribution < -0.4 is 0 Å². The summed E-state index contributed by atoms with van der Waals surface area (Å²) in [4.78, 5) is 10.5. The molecule has 0 aromatic carbocycles. The van der Waals surface area contributed by atoms with Gasteiger partial charge in [-0.05, 0) is 18.3 Å². The molecule has 1 aliphatic carbocycles. The maximum absolute atomic E-state index is 10.5. The first-order valence-electron chi connectivity index (χ1n) is 10.5. The Bertz CT molecular complexity index is 288. The number of carbonyl (C=O) groups is 1. The highest BCUT2D eigenvalue weighted by atomic mass is 16.4. The van der Waals surface area contributed by atoms with E-state index < -0.39 is 5.97 Å². The highest BCUT2D eigenvalue weighted by Crippen LogP contribution is 2.38. The molecule has 1 N–H and O–H groups in total. The van der Waals surface area contributed by atoms with E-state index in [4.69, 9.17) is 5.11 Å². The Morgan fingerprint density at radius 3 is 1.78 bits per heavy atom. The standard InChI is InChI=1S/C21H40O2/c1-2-3-4-5-7-10-14-19-16-13-17-20(19)15-11-8-6-9-12-18-21(22)23/h19-20H,2-18H2,1H3,(H,22,23). The van der Waals surface area contributed by atoms with Gasteiger partial charge in [0.25, 0.3) is 0 Å². The number of unbranched alkanes of at least 4 members (excludes halogenated alkanes) is 9. The van der Waals surface area contributed by atoms with E-state index in [0.717, 1.165) is 24.7 Å². The fourth-order valence-electron chi connectivity index (χ4n) is 4.27. The zero-order chi connectivity index (χ0) is 16.8. The monoisotopic (exact) mass is 324 g/mol. The fraction of sp³-hybridized carbons (Fsp3) is 0.952. The van der Waals surface area contributed by atoms with Gasteiger partial charge in [-0.2, -0.15) is 0 Å². The number of aliphatic carboxylic acids is 1. The van der Waals surface area contributed by atoms with Crippen LogP contribution in [0.2, 0.25) is 0 Å². The fourth-order valence-corrected chi connectivity index (χ4v) is 4.27. The molecular formula is C21H40O2. The Morgan fingerprint density at radius 1 is 0.783 bits per heavy atom. The minimum absolute atomic E-state index is 0.350. The summed E-state index contributed by atoms with van der Waals surface area (Å²) in [6.07, 6.45) is 22.1. The second-order valence-electron chi connectivity index (χ2n) is 7.71. The van der Waals surface area contributed by atoms with Gasteiger partial charge < -0.3 is 5.11 Å². The second kappa shape index (κ2) is 13.9. The zero-order valence-electron chi connectivity index (χ0n) is 15.5. The Morgan fingerprint density at radius 2 is 1.26 bits per heavy atom. The van der Waals surface area contributed by atoms with Crippen LogP contribution in [0.25, 0.3) is 0 Å². The van der Waals surface area contributed by atoms with E-state index in [9.17, 15) is 4.79 Å². The molecule has 0 spiro atoms. The van der Waals surface area contributed by atoms with E-state index in [2.05, 4.69) is 6.92 Å². The first kappa shape index (κ1) is 20.5. The van der Waals surface area contributed by atoms with Crippen LogP contribution in [-0.4, -0.2) is 11.1 Å². The van der Waals surface area contributed by atoms with Crippen LogP contribution in [0.5, 0.6) is 0 Å². The maximum Gasteiger partial charge on any atom is 0.303 e. The van der Waals surface area contributed by atoms with Crippen molar-refractivity contribution in [2.24, 2.45) is 11.8 Å². The molecule has 2 nitrogen and oxygen atoms in total. The minimum atomic E-state index is -0.645. The Balaban J connectivity index is 1.97. The Hall–Kier alpha value is -0.530. The summed E-state index contributed by atoms with van der Waals surface area (Å²) in [5.41, 5.74) is 0. The highest BCUT2D eigenvalue weighted by molar-refractivity contribution is 5.66. The van der Waals surface area contributed by atoms with Crippen molar-refractivity contribution in [1.29, 1.82) is 0 Å². The lowest BCUT2D eigenvalue weighted by Gasteiger charge is -2.19. The van der Waals surface area contributed by atoms with Gasteiger partial charge in [0.15, 0.2) is 0 Å². The number of hydrogen-bond acceptors (Lipinski definition) is 1. The molecule has 0 amide bonds. The van der Waals surface area contributed by atoms with Crippen LogP contribution in [-0.2, 0) is 4.79 Å². The van der Waals surface area contributed by atoms with Gasteiger partial charge in [0, 0.05) is 6.42 Å². The predicted molar refractivity (Wildman–Crippen MR) is 98.8 cm³/mol. The second-order valence-corrected chi connectivity index (χ2v) is 7.71.